The lowest BCUT2D eigenvalue weighted by molar-refractivity contribution is -0.138. The quantitative estimate of drug-likeness (QED) is 0.620. The molecular weight excluding hydrogens is 379 g/mol. The average Bonchev–Trinajstić information content (AvgIpc) is 3.00. The summed E-state index contributed by atoms with van der Waals surface area (Å²) < 4.78 is 44.4. The number of hydrogen-bond donors (Lipinski definition) is 1. The number of carbonyl (C=O) groups is 3. The van der Waals surface area contributed by atoms with E-state index in [9.17, 15) is 27.6 Å². The zero-order valence-electron chi connectivity index (χ0n) is 15.3. The first-order chi connectivity index (χ1) is 13.2. The molecule has 2 aliphatic rings. The van der Waals surface area contributed by atoms with E-state index in [1.165, 1.54) is 6.92 Å². The second-order valence-corrected chi connectivity index (χ2v) is 6.99. The van der Waals surface area contributed by atoms with Crippen LogP contribution in [0.5, 0.6) is 0 Å². The number of rotatable bonds is 3. The fourth-order valence-electron chi connectivity index (χ4n) is 3.70. The number of anilines is 1. The summed E-state index contributed by atoms with van der Waals surface area (Å²) in [5.41, 5.74) is -2.57. The highest BCUT2D eigenvalue weighted by molar-refractivity contribution is 5.99. The lowest BCUT2D eigenvalue weighted by Gasteiger charge is -2.26. The molecule has 2 aliphatic heterocycles. The number of aromatic nitrogens is 1. The van der Waals surface area contributed by atoms with Crippen molar-refractivity contribution in [3.63, 3.8) is 0 Å². The van der Waals surface area contributed by atoms with Gasteiger partial charge in [0, 0.05) is 25.7 Å². The van der Waals surface area contributed by atoms with Crippen molar-refractivity contribution in [1.82, 2.24) is 10.3 Å². The Morgan fingerprint density at radius 1 is 1.36 bits per heavy atom. The van der Waals surface area contributed by atoms with Crippen LogP contribution in [-0.4, -0.2) is 42.5 Å². The molecule has 0 saturated carbocycles. The third-order valence-corrected chi connectivity index (χ3v) is 5.16. The lowest BCUT2D eigenvalue weighted by atomic mass is 9.82. The minimum atomic E-state index is -4.75. The van der Waals surface area contributed by atoms with Crippen molar-refractivity contribution >= 4 is 23.6 Å². The first-order valence-corrected chi connectivity index (χ1v) is 9.00. The van der Waals surface area contributed by atoms with Crippen molar-refractivity contribution in [2.75, 3.05) is 24.6 Å². The van der Waals surface area contributed by atoms with Crippen LogP contribution in [-0.2, 0) is 20.5 Å². The number of nitrogens with zero attached hydrogens (tertiary/aromatic N) is 2. The molecule has 2 saturated heterocycles. The number of nitrogens with one attached hydrogen (secondary N) is 1. The van der Waals surface area contributed by atoms with Gasteiger partial charge in [0.05, 0.1) is 23.1 Å². The standard InChI is InChI=1S/C18H20F3N3O4/c1-2-28-15(26)11-8-13(22-9-12(11)18(19,20)21)24-7-6-17(10-24)5-3-4-14(25)23-16(17)27/h8-9H,2-7,10H2,1H3,(H,23,25,27). The molecule has 1 spiro atoms. The van der Waals surface area contributed by atoms with Crippen LogP contribution >= 0.6 is 0 Å². The Bertz CT molecular complexity index is 812. The minimum absolute atomic E-state index is 0.0607. The second kappa shape index (κ2) is 7.40. The molecule has 2 fully saturated rings. The molecule has 2 amide bonds. The van der Waals surface area contributed by atoms with Gasteiger partial charge >= 0.3 is 12.1 Å². The van der Waals surface area contributed by atoms with Crippen molar-refractivity contribution in [2.24, 2.45) is 5.41 Å². The van der Waals surface area contributed by atoms with Gasteiger partial charge in [-0.3, -0.25) is 14.9 Å². The molecule has 3 heterocycles. The van der Waals surface area contributed by atoms with E-state index in [0.29, 0.717) is 32.0 Å². The molecule has 10 heteroatoms. The Labute approximate surface area is 159 Å². The summed E-state index contributed by atoms with van der Waals surface area (Å²) in [6.45, 7) is 2.03. The number of pyridine rings is 1. The summed E-state index contributed by atoms with van der Waals surface area (Å²) in [5.74, 6) is -1.60. The summed E-state index contributed by atoms with van der Waals surface area (Å²) in [5, 5.41) is 2.37. The van der Waals surface area contributed by atoms with E-state index in [1.54, 1.807) is 4.90 Å². The predicted molar refractivity (Wildman–Crippen MR) is 91.5 cm³/mol. The highest BCUT2D eigenvalue weighted by Crippen LogP contribution is 2.40. The molecule has 152 valence electrons. The molecule has 0 radical (unpaired) electrons. The van der Waals surface area contributed by atoms with E-state index in [-0.39, 0.29) is 37.2 Å². The highest BCUT2D eigenvalue weighted by Gasteiger charge is 2.46. The highest BCUT2D eigenvalue weighted by atomic mass is 19.4. The van der Waals surface area contributed by atoms with Crippen LogP contribution in [0.25, 0.3) is 0 Å². The number of imide groups is 1. The van der Waals surface area contributed by atoms with Gasteiger partial charge in [0.2, 0.25) is 11.8 Å². The Balaban J connectivity index is 1.90. The van der Waals surface area contributed by atoms with Crippen LogP contribution in [0.15, 0.2) is 12.3 Å². The summed E-state index contributed by atoms with van der Waals surface area (Å²) in [7, 11) is 0. The van der Waals surface area contributed by atoms with Crippen LogP contribution in [0.4, 0.5) is 19.0 Å². The predicted octanol–water partition coefficient (Wildman–Crippen LogP) is 2.30. The van der Waals surface area contributed by atoms with Gasteiger partial charge in [-0.2, -0.15) is 13.2 Å². The molecule has 3 rings (SSSR count). The molecule has 1 aromatic heterocycles. The van der Waals surface area contributed by atoms with Gasteiger partial charge in [-0.1, -0.05) is 0 Å². The van der Waals surface area contributed by atoms with Gasteiger partial charge in [-0.15, -0.1) is 0 Å². The van der Waals surface area contributed by atoms with Gasteiger partial charge in [0.1, 0.15) is 5.82 Å². The minimum Gasteiger partial charge on any atom is -0.462 e. The van der Waals surface area contributed by atoms with Gasteiger partial charge in [-0.05, 0) is 32.3 Å². The van der Waals surface area contributed by atoms with Gasteiger partial charge < -0.3 is 9.64 Å². The molecule has 28 heavy (non-hydrogen) atoms. The van der Waals surface area contributed by atoms with Crippen molar-refractivity contribution in [1.29, 1.82) is 0 Å². The van der Waals surface area contributed by atoms with E-state index < -0.39 is 28.7 Å². The largest absolute Gasteiger partial charge is 0.462 e. The van der Waals surface area contributed by atoms with Gasteiger partial charge in [0.25, 0.3) is 0 Å². The molecular formula is C18H20F3N3O4. The number of amides is 2. The third kappa shape index (κ3) is 3.81. The van der Waals surface area contributed by atoms with Crippen LogP contribution in [0.3, 0.4) is 0 Å². The van der Waals surface area contributed by atoms with Gasteiger partial charge in [0.15, 0.2) is 0 Å². The summed E-state index contributed by atoms with van der Waals surface area (Å²) in [6.07, 6.45) is -2.36. The molecule has 1 atom stereocenters. The molecule has 0 aromatic carbocycles. The van der Waals surface area contributed by atoms with E-state index in [0.717, 1.165) is 6.07 Å². The summed E-state index contributed by atoms with van der Waals surface area (Å²) >= 11 is 0. The maximum absolute atomic E-state index is 13.2. The van der Waals surface area contributed by atoms with E-state index in [1.807, 2.05) is 0 Å². The smallest absolute Gasteiger partial charge is 0.418 e. The van der Waals surface area contributed by atoms with Crippen molar-refractivity contribution in [2.45, 2.75) is 38.8 Å². The molecule has 0 aliphatic carbocycles. The normalized spacial score (nSPS) is 22.9. The molecule has 7 nitrogen and oxygen atoms in total. The van der Waals surface area contributed by atoms with Crippen LogP contribution < -0.4 is 10.2 Å². The summed E-state index contributed by atoms with van der Waals surface area (Å²) in [6, 6.07) is 1.06. The third-order valence-electron chi connectivity index (χ3n) is 5.16. The van der Waals surface area contributed by atoms with E-state index in [4.69, 9.17) is 4.74 Å². The molecule has 1 aromatic rings. The molecule has 1 unspecified atom stereocenters. The van der Waals surface area contributed by atoms with Crippen molar-refractivity contribution < 1.29 is 32.3 Å². The van der Waals surface area contributed by atoms with Crippen LogP contribution in [0.2, 0.25) is 0 Å². The van der Waals surface area contributed by atoms with Gasteiger partial charge in [-0.25, -0.2) is 9.78 Å². The first-order valence-electron chi connectivity index (χ1n) is 9.00. The number of halogens is 3. The Kier molecular flexibility index (Phi) is 5.31. The zero-order valence-corrected chi connectivity index (χ0v) is 15.3. The fourth-order valence-corrected chi connectivity index (χ4v) is 3.70. The Hall–Kier alpha value is -2.65. The monoisotopic (exact) mass is 399 g/mol. The fraction of sp³-hybridized carbons (Fsp3) is 0.556. The topological polar surface area (TPSA) is 88.6 Å². The maximum atomic E-state index is 13.2. The van der Waals surface area contributed by atoms with Crippen LogP contribution in [0.1, 0.15) is 48.5 Å². The SMILES string of the molecule is CCOC(=O)c1cc(N2CCC3(CCCC(=O)NC3=O)C2)ncc1C(F)(F)F. The number of hydrogen-bond acceptors (Lipinski definition) is 6. The lowest BCUT2D eigenvalue weighted by Crippen LogP contribution is -2.43. The Morgan fingerprint density at radius 2 is 2.11 bits per heavy atom. The number of ether oxygens (including phenoxy) is 1. The summed E-state index contributed by atoms with van der Waals surface area (Å²) in [4.78, 5) is 41.6. The molecule has 0 bridgehead atoms. The number of carbonyl (C=O) groups excluding carboxylic acids is 3. The van der Waals surface area contributed by atoms with Crippen molar-refractivity contribution in [3.05, 3.63) is 23.4 Å². The first kappa shape index (κ1) is 20.1. The maximum Gasteiger partial charge on any atom is 0.418 e. The van der Waals surface area contributed by atoms with E-state index >= 15 is 0 Å². The second-order valence-electron chi connectivity index (χ2n) is 6.99. The van der Waals surface area contributed by atoms with E-state index in [2.05, 4.69) is 10.3 Å². The molecule has 1 N–H and O–H groups in total. The number of alkyl halides is 3. The zero-order chi connectivity index (χ0) is 20.5. The number of esters is 1. The van der Waals surface area contributed by atoms with Crippen LogP contribution in [0, 0.1) is 5.41 Å². The average molecular weight is 399 g/mol. The van der Waals surface area contributed by atoms with Crippen molar-refractivity contribution in [3.8, 4) is 0 Å². The Morgan fingerprint density at radius 3 is 2.79 bits per heavy atom.